The van der Waals surface area contributed by atoms with Crippen molar-refractivity contribution in [2.75, 3.05) is 20.8 Å². The summed E-state index contributed by atoms with van der Waals surface area (Å²) in [5, 5.41) is 0. The van der Waals surface area contributed by atoms with Gasteiger partial charge in [0.1, 0.15) is 6.61 Å². The fourth-order valence-electron chi connectivity index (χ4n) is 3.48. The molecule has 0 aromatic heterocycles. The third-order valence-electron chi connectivity index (χ3n) is 4.27. The second-order valence-electron chi connectivity index (χ2n) is 5.30. The lowest BCUT2D eigenvalue weighted by Crippen LogP contribution is -2.70. The first kappa shape index (κ1) is 11.9. The van der Waals surface area contributed by atoms with E-state index in [0.29, 0.717) is 12.5 Å². The Morgan fingerprint density at radius 3 is 2.88 bits per heavy atom. The van der Waals surface area contributed by atoms with Crippen LogP contribution in [-0.4, -0.2) is 38.5 Å². The Labute approximate surface area is 101 Å². The number of methoxy groups -OCH3 is 2. The number of ether oxygens (including phenoxy) is 3. The number of hydrogen-bond donors (Lipinski definition) is 0. The molecule has 1 aliphatic carbocycles. The first-order chi connectivity index (χ1) is 8.25. The summed E-state index contributed by atoms with van der Waals surface area (Å²) in [4.78, 5) is 11.2. The van der Waals surface area contributed by atoms with Crippen LogP contribution in [-0.2, 0) is 24.0 Å². The number of fused-ring (bicyclic) bond motifs is 2. The summed E-state index contributed by atoms with van der Waals surface area (Å²) in [5.74, 6) is -0.335. The summed E-state index contributed by atoms with van der Waals surface area (Å²) in [6.45, 7) is 0.374. The van der Waals surface area contributed by atoms with Gasteiger partial charge in [-0.1, -0.05) is 12.8 Å². The van der Waals surface area contributed by atoms with Crippen LogP contribution in [0.2, 0.25) is 0 Å². The van der Waals surface area contributed by atoms with Gasteiger partial charge in [-0.2, -0.15) is 4.89 Å². The molecule has 4 fully saturated rings. The van der Waals surface area contributed by atoms with Gasteiger partial charge in [-0.3, -0.25) is 0 Å². The van der Waals surface area contributed by atoms with Crippen molar-refractivity contribution in [1.29, 1.82) is 0 Å². The van der Waals surface area contributed by atoms with Crippen molar-refractivity contribution in [3.63, 3.8) is 0 Å². The van der Waals surface area contributed by atoms with Gasteiger partial charge in [0.15, 0.2) is 11.9 Å². The van der Waals surface area contributed by atoms with E-state index in [1.165, 1.54) is 6.42 Å². The van der Waals surface area contributed by atoms with E-state index in [2.05, 4.69) is 0 Å². The predicted molar refractivity (Wildman–Crippen MR) is 58.0 cm³/mol. The van der Waals surface area contributed by atoms with Gasteiger partial charge < -0.3 is 14.2 Å². The SMILES string of the molecule is COC[C@]12C[C@H]3CCCC[C@@]3(OO1)[C@H](OC)O2. The van der Waals surface area contributed by atoms with Crippen LogP contribution in [0.5, 0.6) is 0 Å². The lowest BCUT2D eigenvalue weighted by Gasteiger charge is -2.59. The minimum Gasteiger partial charge on any atom is -0.379 e. The molecule has 0 N–H and O–H groups in total. The van der Waals surface area contributed by atoms with E-state index < -0.39 is 11.4 Å². The Morgan fingerprint density at radius 1 is 1.24 bits per heavy atom. The van der Waals surface area contributed by atoms with Crippen molar-refractivity contribution >= 4 is 0 Å². The summed E-state index contributed by atoms with van der Waals surface area (Å²) in [7, 11) is 3.30. The normalized spacial score (nSPS) is 49.1. The van der Waals surface area contributed by atoms with Gasteiger partial charge in [0.2, 0.25) is 5.79 Å². The molecule has 5 heteroatoms. The van der Waals surface area contributed by atoms with E-state index in [9.17, 15) is 0 Å². The monoisotopic (exact) mass is 244 g/mol. The molecule has 1 saturated carbocycles. The molecule has 3 aliphatic heterocycles. The molecule has 2 bridgehead atoms. The van der Waals surface area contributed by atoms with Crippen molar-refractivity contribution in [2.24, 2.45) is 5.92 Å². The fraction of sp³-hybridized carbons (Fsp3) is 1.00. The van der Waals surface area contributed by atoms with Gasteiger partial charge in [-0.05, 0) is 12.8 Å². The van der Waals surface area contributed by atoms with E-state index in [1.807, 2.05) is 0 Å². The molecule has 0 unspecified atom stereocenters. The van der Waals surface area contributed by atoms with Gasteiger partial charge in [0, 0.05) is 26.6 Å². The van der Waals surface area contributed by atoms with Gasteiger partial charge in [-0.15, -0.1) is 0 Å². The molecule has 3 saturated heterocycles. The van der Waals surface area contributed by atoms with Crippen LogP contribution in [0.3, 0.4) is 0 Å². The third kappa shape index (κ3) is 1.64. The number of hydrogen-bond acceptors (Lipinski definition) is 5. The topological polar surface area (TPSA) is 46.2 Å². The Bertz CT molecular complexity index is 285. The second-order valence-corrected chi connectivity index (χ2v) is 5.30. The standard InChI is InChI=1S/C12H20O5/c1-13-8-11-7-9-5-3-4-6-12(9,17-16-11)10(14-2)15-11/h9-10H,3-8H2,1-2H3/t9-,10-,11+,12+/m1/s1. The minimum atomic E-state index is -0.779. The van der Waals surface area contributed by atoms with Crippen LogP contribution in [0.25, 0.3) is 0 Å². The molecule has 0 amide bonds. The molecule has 4 atom stereocenters. The third-order valence-corrected chi connectivity index (χ3v) is 4.27. The molecular formula is C12H20O5. The zero-order chi connectivity index (χ0) is 11.9. The summed E-state index contributed by atoms with van der Waals surface area (Å²) in [5.41, 5.74) is -0.400. The van der Waals surface area contributed by atoms with Crippen LogP contribution in [0.15, 0.2) is 0 Å². The Hall–Kier alpha value is -0.200. The lowest BCUT2D eigenvalue weighted by atomic mass is 9.69. The fourth-order valence-corrected chi connectivity index (χ4v) is 3.48. The van der Waals surface area contributed by atoms with Crippen molar-refractivity contribution in [3.05, 3.63) is 0 Å². The van der Waals surface area contributed by atoms with Crippen molar-refractivity contribution in [1.82, 2.24) is 0 Å². The molecule has 4 aliphatic rings. The zero-order valence-corrected chi connectivity index (χ0v) is 10.4. The van der Waals surface area contributed by atoms with E-state index >= 15 is 0 Å². The molecular weight excluding hydrogens is 224 g/mol. The first-order valence-electron chi connectivity index (χ1n) is 6.31. The van der Waals surface area contributed by atoms with Crippen molar-refractivity contribution in [3.8, 4) is 0 Å². The van der Waals surface area contributed by atoms with Crippen molar-refractivity contribution < 1.29 is 24.0 Å². The highest BCUT2D eigenvalue weighted by molar-refractivity contribution is 5.02. The molecule has 1 spiro atoms. The van der Waals surface area contributed by atoms with Crippen LogP contribution >= 0.6 is 0 Å². The summed E-state index contributed by atoms with van der Waals surface area (Å²) in [6.07, 6.45) is 4.97. The highest BCUT2D eigenvalue weighted by Crippen LogP contribution is 2.54. The van der Waals surface area contributed by atoms with Crippen LogP contribution in [0.1, 0.15) is 32.1 Å². The molecule has 4 rings (SSSR count). The van der Waals surface area contributed by atoms with Crippen LogP contribution in [0.4, 0.5) is 0 Å². The molecule has 0 radical (unpaired) electrons. The largest absolute Gasteiger partial charge is 0.379 e. The van der Waals surface area contributed by atoms with Crippen LogP contribution < -0.4 is 0 Å². The Balaban J connectivity index is 1.88. The van der Waals surface area contributed by atoms with E-state index in [1.54, 1.807) is 14.2 Å². The summed E-state index contributed by atoms with van der Waals surface area (Å²) >= 11 is 0. The first-order valence-corrected chi connectivity index (χ1v) is 6.31. The average Bonchev–Trinajstić information content (AvgIpc) is 2.37. The molecule has 5 nitrogen and oxygen atoms in total. The molecule has 98 valence electrons. The van der Waals surface area contributed by atoms with E-state index in [-0.39, 0.29) is 6.29 Å². The molecule has 17 heavy (non-hydrogen) atoms. The highest BCUT2D eigenvalue weighted by Gasteiger charge is 2.65. The maximum Gasteiger partial charge on any atom is 0.227 e. The highest BCUT2D eigenvalue weighted by atomic mass is 17.3. The minimum absolute atomic E-state index is 0.342. The maximum absolute atomic E-state index is 5.93. The molecule has 0 aromatic carbocycles. The Kier molecular flexibility index (Phi) is 2.91. The zero-order valence-electron chi connectivity index (χ0n) is 10.4. The van der Waals surface area contributed by atoms with E-state index in [4.69, 9.17) is 24.0 Å². The smallest absolute Gasteiger partial charge is 0.227 e. The average molecular weight is 244 g/mol. The predicted octanol–water partition coefficient (Wildman–Crippen LogP) is 1.61. The number of rotatable bonds is 3. The molecule has 0 aromatic rings. The summed E-state index contributed by atoms with van der Waals surface area (Å²) in [6, 6.07) is 0. The second kappa shape index (κ2) is 4.17. The van der Waals surface area contributed by atoms with Crippen LogP contribution in [0, 0.1) is 5.92 Å². The summed E-state index contributed by atoms with van der Waals surface area (Å²) < 4.78 is 16.6. The van der Waals surface area contributed by atoms with Gasteiger partial charge in [-0.25, -0.2) is 4.89 Å². The molecule has 3 heterocycles. The van der Waals surface area contributed by atoms with Crippen molar-refractivity contribution in [2.45, 2.75) is 49.8 Å². The van der Waals surface area contributed by atoms with Gasteiger partial charge in [0.05, 0.1) is 0 Å². The lowest BCUT2D eigenvalue weighted by molar-refractivity contribution is -0.594. The van der Waals surface area contributed by atoms with E-state index in [0.717, 1.165) is 25.7 Å². The van der Waals surface area contributed by atoms with Gasteiger partial charge in [0.25, 0.3) is 0 Å². The van der Waals surface area contributed by atoms with Gasteiger partial charge >= 0.3 is 0 Å². The Morgan fingerprint density at radius 2 is 2.12 bits per heavy atom. The quantitative estimate of drug-likeness (QED) is 0.706. The maximum atomic E-state index is 5.93.